The van der Waals surface area contributed by atoms with Crippen LogP contribution in [0.1, 0.15) is 20.8 Å². The molecule has 0 atom stereocenters. The molecule has 3 rings (SSSR count). The Labute approximate surface area is 130 Å². The highest BCUT2D eigenvalue weighted by atomic mass is 32.1. The van der Waals surface area contributed by atoms with Crippen molar-refractivity contribution in [3.05, 3.63) is 81.2 Å². The highest BCUT2D eigenvalue weighted by Gasteiger charge is 2.12. The first-order valence-electron chi connectivity index (χ1n) is 6.70. The van der Waals surface area contributed by atoms with Crippen molar-refractivity contribution < 1.29 is 4.79 Å². The van der Waals surface area contributed by atoms with Crippen LogP contribution in [0.5, 0.6) is 0 Å². The van der Waals surface area contributed by atoms with E-state index in [1.165, 1.54) is 29.2 Å². The summed E-state index contributed by atoms with van der Waals surface area (Å²) in [4.78, 5) is 31.3. The SMILES string of the molecule is O=C(Nc1ncc(Cc2ccccc2)s1)c1ccc[nH]c1=O. The van der Waals surface area contributed by atoms with Gasteiger partial charge in [0.1, 0.15) is 5.56 Å². The number of rotatable bonds is 4. The number of aromatic nitrogens is 2. The summed E-state index contributed by atoms with van der Waals surface area (Å²) >= 11 is 1.40. The van der Waals surface area contributed by atoms with E-state index in [4.69, 9.17) is 0 Å². The van der Waals surface area contributed by atoms with Gasteiger partial charge in [-0.2, -0.15) is 0 Å². The Morgan fingerprint density at radius 1 is 1.18 bits per heavy atom. The van der Waals surface area contributed by atoms with Crippen LogP contribution in [0.25, 0.3) is 0 Å². The molecular formula is C16H13N3O2S. The Bertz CT molecular complexity index is 840. The van der Waals surface area contributed by atoms with Crippen LogP contribution in [-0.2, 0) is 6.42 Å². The number of hydrogen-bond acceptors (Lipinski definition) is 4. The lowest BCUT2D eigenvalue weighted by Crippen LogP contribution is -2.22. The fourth-order valence-corrected chi connectivity index (χ4v) is 2.85. The molecule has 1 aromatic carbocycles. The molecule has 0 aliphatic rings. The Hall–Kier alpha value is -2.73. The lowest BCUT2D eigenvalue weighted by molar-refractivity contribution is 0.102. The maximum atomic E-state index is 12.0. The number of benzene rings is 1. The zero-order valence-corrected chi connectivity index (χ0v) is 12.4. The number of nitrogens with zero attached hydrogens (tertiary/aromatic N) is 1. The summed E-state index contributed by atoms with van der Waals surface area (Å²) in [6, 6.07) is 13.1. The molecule has 2 N–H and O–H groups in total. The first-order chi connectivity index (χ1) is 10.7. The molecule has 110 valence electrons. The molecule has 0 unspecified atom stereocenters. The van der Waals surface area contributed by atoms with Gasteiger partial charge in [-0.1, -0.05) is 30.3 Å². The standard InChI is InChI=1S/C16H13N3O2S/c20-14-13(7-4-8-17-14)15(21)19-16-18-10-12(22-16)9-11-5-2-1-3-6-11/h1-8,10H,9H2,(H,17,20)(H,18,19,21). The molecular weight excluding hydrogens is 298 g/mol. The molecule has 2 heterocycles. The van der Waals surface area contributed by atoms with Crippen molar-refractivity contribution in [1.82, 2.24) is 9.97 Å². The van der Waals surface area contributed by atoms with Crippen LogP contribution < -0.4 is 10.9 Å². The topological polar surface area (TPSA) is 74.8 Å². The predicted molar refractivity (Wildman–Crippen MR) is 86.4 cm³/mol. The number of carbonyl (C=O) groups is 1. The van der Waals surface area contributed by atoms with Crippen LogP contribution in [-0.4, -0.2) is 15.9 Å². The number of aromatic amines is 1. The minimum absolute atomic E-state index is 0.0716. The molecule has 1 amide bonds. The van der Waals surface area contributed by atoms with E-state index >= 15 is 0 Å². The number of carbonyl (C=O) groups excluding carboxylic acids is 1. The van der Waals surface area contributed by atoms with Crippen molar-refractivity contribution in [2.24, 2.45) is 0 Å². The molecule has 5 nitrogen and oxygen atoms in total. The number of H-pyrrole nitrogens is 1. The monoisotopic (exact) mass is 311 g/mol. The molecule has 0 fully saturated rings. The zero-order valence-electron chi connectivity index (χ0n) is 11.6. The number of nitrogens with one attached hydrogen (secondary N) is 2. The summed E-state index contributed by atoms with van der Waals surface area (Å²) in [6.45, 7) is 0. The number of hydrogen-bond donors (Lipinski definition) is 2. The third-order valence-electron chi connectivity index (χ3n) is 3.06. The first-order valence-corrected chi connectivity index (χ1v) is 7.52. The van der Waals surface area contributed by atoms with Crippen molar-refractivity contribution in [3.63, 3.8) is 0 Å². The highest BCUT2D eigenvalue weighted by molar-refractivity contribution is 7.15. The van der Waals surface area contributed by atoms with E-state index in [0.29, 0.717) is 5.13 Å². The lowest BCUT2D eigenvalue weighted by Gasteiger charge is -2.00. The first kappa shape index (κ1) is 14.2. The van der Waals surface area contributed by atoms with Gasteiger partial charge in [-0.05, 0) is 17.7 Å². The molecule has 0 aliphatic carbocycles. The van der Waals surface area contributed by atoms with E-state index in [-0.39, 0.29) is 5.56 Å². The van der Waals surface area contributed by atoms with Crippen LogP contribution >= 0.6 is 11.3 Å². The molecule has 0 saturated heterocycles. The van der Waals surface area contributed by atoms with Gasteiger partial charge in [0.2, 0.25) is 0 Å². The number of amides is 1. The second-order valence-electron chi connectivity index (χ2n) is 4.66. The van der Waals surface area contributed by atoms with Crippen molar-refractivity contribution in [2.45, 2.75) is 6.42 Å². The summed E-state index contributed by atoms with van der Waals surface area (Å²) in [5.74, 6) is -0.456. The van der Waals surface area contributed by atoms with Gasteiger partial charge in [0.05, 0.1) is 0 Å². The molecule has 0 aliphatic heterocycles. The minimum Gasteiger partial charge on any atom is -0.328 e. The molecule has 0 bridgehead atoms. The average molecular weight is 311 g/mol. The number of anilines is 1. The van der Waals surface area contributed by atoms with Crippen LogP contribution in [0.15, 0.2) is 59.7 Å². The Balaban J connectivity index is 1.71. The maximum absolute atomic E-state index is 12.0. The molecule has 22 heavy (non-hydrogen) atoms. The third kappa shape index (κ3) is 3.29. The van der Waals surface area contributed by atoms with Crippen LogP contribution in [0, 0.1) is 0 Å². The predicted octanol–water partition coefficient (Wildman–Crippen LogP) is 2.67. The van der Waals surface area contributed by atoms with E-state index in [0.717, 1.165) is 11.3 Å². The molecule has 2 aromatic heterocycles. The van der Waals surface area contributed by atoms with E-state index in [1.807, 2.05) is 30.3 Å². The summed E-state index contributed by atoms with van der Waals surface area (Å²) in [6.07, 6.45) is 3.99. The van der Waals surface area contributed by atoms with E-state index in [2.05, 4.69) is 15.3 Å². The molecule has 6 heteroatoms. The van der Waals surface area contributed by atoms with Gasteiger partial charge in [-0.3, -0.25) is 14.9 Å². The van der Waals surface area contributed by atoms with Gasteiger partial charge in [0.25, 0.3) is 11.5 Å². The highest BCUT2D eigenvalue weighted by Crippen LogP contribution is 2.21. The zero-order chi connectivity index (χ0) is 15.4. The summed E-state index contributed by atoms with van der Waals surface area (Å²) in [5.41, 5.74) is 0.840. The summed E-state index contributed by atoms with van der Waals surface area (Å²) in [7, 11) is 0. The number of pyridine rings is 1. The maximum Gasteiger partial charge on any atom is 0.263 e. The Morgan fingerprint density at radius 3 is 2.77 bits per heavy atom. The van der Waals surface area contributed by atoms with Crippen molar-refractivity contribution in [3.8, 4) is 0 Å². The van der Waals surface area contributed by atoms with E-state index in [1.54, 1.807) is 12.3 Å². The quantitative estimate of drug-likeness (QED) is 0.778. The van der Waals surface area contributed by atoms with Gasteiger partial charge in [0.15, 0.2) is 5.13 Å². The normalized spacial score (nSPS) is 10.4. The largest absolute Gasteiger partial charge is 0.328 e. The Kier molecular flexibility index (Phi) is 4.11. The van der Waals surface area contributed by atoms with Gasteiger partial charge in [-0.15, -0.1) is 11.3 Å². The van der Waals surface area contributed by atoms with Gasteiger partial charge < -0.3 is 4.98 Å². The van der Waals surface area contributed by atoms with Crippen molar-refractivity contribution in [2.75, 3.05) is 5.32 Å². The van der Waals surface area contributed by atoms with Crippen molar-refractivity contribution in [1.29, 1.82) is 0 Å². The van der Waals surface area contributed by atoms with Gasteiger partial charge >= 0.3 is 0 Å². The Morgan fingerprint density at radius 2 is 2.00 bits per heavy atom. The molecule has 3 aromatic rings. The van der Waals surface area contributed by atoms with Crippen LogP contribution in [0.3, 0.4) is 0 Å². The third-order valence-corrected chi connectivity index (χ3v) is 3.97. The summed E-state index contributed by atoms with van der Waals surface area (Å²) < 4.78 is 0. The second kappa shape index (κ2) is 6.36. The van der Waals surface area contributed by atoms with Gasteiger partial charge in [0, 0.05) is 23.7 Å². The molecule has 0 saturated carbocycles. The smallest absolute Gasteiger partial charge is 0.263 e. The van der Waals surface area contributed by atoms with Crippen molar-refractivity contribution >= 4 is 22.4 Å². The van der Waals surface area contributed by atoms with E-state index in [9.17, 15) is 9.59 Å². The minimum atomic E-state index is -0.456. The average Bonchev–Trinajstić information content (AvgIpc) is 2.95. The summed E-state index contributed by atoms with van der Waals surface area (Å²) in [5, 5.41) is 3.14. The van der Waals surface area contributed by atoms with Gasteiger partial charge in [-0.25, -0.2) is 4.98 Å². The van der Waals surface area contributed by atoms with E-state index < -0.39 is 11.5 Å². The van der Waals surface area contributed by atoms with Crippen LogP contribution in [0.2, 0.25) is 0 Å². The van der Waals surface area contributed by atoms with Crippen LogP contribution in [0.4, 0.5) is 5.13 Å². The lowest BCUT2D eigenvalue weighted by atomic mass is 10.1. The second-order valence-corrected chi connectivity index (χ2v) is 5.78. The molecule has 0 radical (unpaired) electrons. The fraction of sp³-hybridized carbons (Fsp3) is 0.0625. The fourth-order valence-electron chi connectivity index (χ4n) is 2.01. The number of thiazole rings is 1. The molecule has 0 spiro atoms.